The van der Waals surface area contributed by atoms with E-state index in [1.165, 1.54) is 6.07 Å². The van der Waals surface area contributed by atoms with Crippen LogP contribution in [0.4, 0.5) is 11.4 Å². The van der Waals surface area contributed by atoms with Gasteiger partial charge < -0.3 is 9.88 Å². The number of rotatable bonds is 4. The number of pyridine rings is 1. The van der Waals surface area contributed by atoms with E-state index in [-0.39, 0.29) is 18.1 Å². The Labute approximate surface area is 125 Å². The summed E-state index contributed by atoms with van der Waals surface area (Å²) in [4.78, 5) is 26.5. The van der Waals surface area contributed by atoms with Crippen LogP contribution in [0.1, 0.15) is 0 Å². The van der Waals surface area contributed by atoms with E-state index in [0.717, 1.165) is 0 Å². The third kappa shape index (κ3) is 2.64. The van der Waals surface area contributed by atoms with E-state index in [1.807, 2.05) is 0 Å². The van der Waals surface area contributed by atoms with E-state index in [9.17, 15) is 14.9 Å². The second-order valence-corrected chi connectivity index (χ2v) is 4.70. The highest BCUT2D eigenvalue weighted by atomic mass is 16.6. The molecule has 22 heavy (non-hydrogen) atoms. The molecule has 0 saturated carbocycles. The summed E-state index contributed by atoms with van der Waals surface area (Å²) in [5, 5.41) is 14.2. The molecule has 7 nitrogen and oxygen atoms in total. The van der Waals surface area contributed by atoms with Gasteiger partial charge in [-0.2, -0.15) is 0 Å². The van der Waals surface area contributed by atoms with Crippen molar-refractivity contribution in [1.82, 2.24) is 9.55 Å². The number of benzene rings is 1. The predicted molar refractivity (Wildman–Crippen MR) is 81.5 cm³/mol. The Hall–Kier alpha value is -3.22. The zero-order valence-corrected chi connectivity index (χ0v) is 11.5. The quantitative estimate of drug-likeness (QED) is 0.592. The van der Waals surface area contributed by atoms with Gasteiger partial charge in [0.15, 0.2) is 0 Å². The molecule has 2 aromatic heterocycles. The van der Waals surface area contributed by atoms with E-state index >= 15 is 0 Å². The number of carbonyl (C=O) groups excluding carboxylic acids is 1. The fourth-order valence-corrected chi connectivity index (χ4v) is 2.30. The lowest BCUT2D eigenvalue weighted by atomic mass is 10.2. The van der Waals surface area contributed by atoms with Crippen LogP contribution in [0, 0.1) is 10.1 Å². The van der Waals surface area contributed by atoms with Crippen LogP contribution >= 0.6 is 0 Å². The van der Waals surface area contributed by atoms with Crippen LogP contribution in [-0.4, -0.2) is 20.4 Å². The van der Waals surface area contributed by atoms with Crippen molar-refractivity contribution in [2.24, 2.45) is 0 Å². The molecule has 0 spiro atoms. The van der Waals surface area contributed by atoms with Gasteiger partial charge in [-0.15, -0.1) is 0 Å². The number of nitro groups is 1. The number of anilines is 1. The molecule has 3 rings (SSSR count). The predicted octanol–water partition coefficient (Wildman–Crippen LogP) is 2.58. The molecule has 0 fully saturated rings. The highest BCUT2D eigenvalue weighted by molar-refractivity contribution is 5.93. The number of amides is 1. The summed E-state index contributed by atoms with van der Waals surface area (Å²) in [5.74, 6) is -0.225. The number of nitrogens with zero attached hydrogens (tertiary/aromatic N) is 3. The fourth-order valence-electron chi connectivity index (χ4n) is 2.30. The molecule has 3 aromatic rings. The van der Waals surface area contributed by atoms with Crippen LogP contribution < -0.4 is 5.32 Å². The van der Waals surface area contributed by atoms with Crippen molar-refractivity contribution in [3.05, 3.63) is 65.1 Å². The second kappa shape index (κ2) is 5.65. The van der Waals surface area contributed by atoms with E-state index < -0.39 is 4.92 Å². The van der Waals surface area contributed by atoms with E-state index in [4.69, 9.17) is 0 Å². The zero-order chi connectivity index (χ0) is 15.5. The van der Waals surface area contributed by atoms with E-state index in [1.54, 1.807) is 53.5 Å². The summed E-state index contributed by atoms with van der Waals surface area (Å²) >= 11 is 0. The van der Waals surface area contributed by atoms with Gasteiger partial charge >= 0.3 is 0 Å². The van der Waals surface area contributed by atoms with Gasteiger partial charge in [-0.1, -0.05) is 6.07 Å². The molecular formula is C15H12N4O3. The van der Waals surface area contributed by atoms with Gasteiger partial charge in [0.25, 0.3) is 5.69 Å². The maximum absolute atomic E-state index is 12.0. The monoisotopic (exact) mass is 296 g/mol. The third-order valence-corrected chi connectivity index (χ3v) is 3.25. The molecule has 2 heterocycles. The number of non-ortho nitro benzene ring substituents is 1. The van der Waals surface area contributed by atoms with Crippen LogP contribution in [0.3, 0.4) is 0 Å². The van der Waals surface area contributed by atoms with Gasteiger partial charge in [-0.25, -0.2) is 0 Å². The first-order chi connectivity index (χ1) is 10.6. The molecule has 0 aliphatic rings. The fraction of sp³-hybridized carbons (Fsp3) is 0.0667. The Bertz CT molecular complexity index is 842. The molecule has 1 N–H and O–H groups in total. The number of hydrogen-bond acceptors (Lipinski definition) is 4. The maximum Gasteiger partial charge on any atom is 0.278 e. The number of fused-ring (bicyclic) bond motifs is 1. The largest absolute Gasteiger partial charge is 0.338 e. The Morgan fingerprint density at radius 3 is 2.86 bits per heavy atom. The lowest BCUT2D eigenvalue weighted by molar-refractivity contribution is -0.383. The molecule has 7 heteroatoms. The Morgan fingerprint density at radius 2 is 2.14 bits per heavy atom. The van der Waals surface area contributed by atoms with Crippen LogP contribution in [0.15, 0.2) is 55.0 Å². The first-order valence-corrected chi connectivity index (χ1v) is 6.57. The highest BCUT2D eigenvalue weighted by Gasteiger charge is 2.14. The SMILES string of the molecule is O=C(Cn1ccc2c([N+](=O)[O-])cccc21)Nc1cccnc1. The minimum atomic E-state index is -0.428. The molecule has 0 bridgehead atoms. The number of aromatic nitrogens is 2. The molecule has 0 saturated heterocycles. The normalized spacial score (nSPS) is 10.5. The Kier molecular flexibility index (Phi) is 3.53. The van der Waals surface area contributed by atoms with Gasteiger partial charge in [0.1, 0.15) is 6.54 Å². The van der Waals surface area contributed by atoms with Gasteiger partial charge in [0.05, 0.1) is 27.7 Å². The molecule has 0 radical (unpaired) electrons. The molecular weight excluding hydrogens is 284 g/mol. The molecule has 0 aliphatic heterocycles. The Morgan fingerprint density at radius 1 is 1.27 bits per heavy atom. The minimum absolute atomic E-state index is 0.0314. The number of hydrogen-bond donors (Lipinski definition) is 1. The van der Waals surface area contributed by atoms with Crippen molar-refractivity contribution < 1.29 is 9.72 Å². The Balaban J connectivity index is 1.84. The maximum atomic E-state index is 12.0. The molecule has 0 aliphatic carbocycles. The summed E-state index contributed by atoms with van der Waals surface area (Å²) in [6, 6.07) is 9.91. The summed E-state index contributed by atoms with van der Waals surface area (Å²) < 4.78 is 1.67. The first-order valence-electron chi connectivity index (χ1n) is 6.57. The third-order valence-electron chi connectivity index (χ3n) is 3.25. The first kappa shape index (κ1) is 13.7. The van der Waals surface area contributed by atoms with Gasteiger partial charge in [0, 0.05) is 18.5 Å². The van der Waals surface area contributed by atoms with Crippen molar-refractivity contribution in [2.45, 2.75) is 6.54 Å². The van der Waals surface area contributed by atoms with Gasteiger partial charge in [-0.05, 0) is 24.3 Å². The molecule has 0 unspecified atom stereocenters. The summed E-state index contributed by atoms with van der Waals surface area (Å²) in [7, 11) is 0. The van der Waals surface area contributed by atoms with Crippen LogP contribution in [-0.2, 0) is 11.3 Å². The number of carbonyl (C=O) groups is 1. The van der Waals surface area contributed by atoms with Crippen molar-refractivity contribution >= 4 is 28.2 Å². The number of nitrogens with one attached hydrogen (secondary N) is 1. The van der Waals surface area contributed by atoms with Crippen molar-refractivity contribution in [2.75, 3.05) is 5.32 Å². The second-order valence-electron chi connectivity index (χ2n) is 4.70. The van der Waals surface area contributed by atoms with Crippen molar-refractivity contribution in [1.29, 1.82) is 0 Å². The topological polar surface area (TPSA) is 90.1 Å². The standard InChI is InChI=1S/C15H12N4O3/c20-15(17-11-3-2-7-16-9-11)10-18-8-6-12-13(18)4-1-5-14(12)19(21)22/h1-9H,10H2,(H,17,20). The highest BCUT2D eigenvalue weighted by Crippen LogP contribution is 2.26. The molecule has 0 atom stereocenters. The lowest BCUT2D eigenvalue weighted by Crippen LogP contribution is -2.18. The van der Waals surface area contributed by atoms with Gasteiger partial charge in [-0.3, -0.25) is 19.9 Å². The van der Waals surface area contributed by atoms with Crippen molar-refractivity contribution in [3.63, 3.8) is 0 Å². The van der Waals surface area contributed by atoms with Crippen molar-refractivity contribution in [3.8, 4) is 0 Å². The molecule has 1 aromatic carbocycles. The van der Waals surface area contributed by atoms with Crippen LogP contribution in [0.2, 0.25) is 0 Å². The van der Waals surface area contributed by atoms with Crippen LogP contribution in [0.5, 0.6) is 0 Å². The smallest absolute Gasteiger partial charge is 0.278 e. The molecule has 1 amide bonds. The summed E-state index contributed by atoms with van der Waals surface area (Å²) in [5.41, 5.74) is 1.29. The number of nitro benzene ring substituents is 1. The van der Waals surface area contributed by atoms with Gasteiger partial charge in [0.2, 0.25) is 5.91 Å². The van der Waals surface area contributed by atoms with E-state index in [0.29, 0.717) is 16.6 Å². The zero-order valence-electron chi connectivity index (χ0n) is 11.5. The lowest BCUT2D eigenvalue weighted by Gasteiger charge is -2.07. The molecule has 110 valence electrons. The van der Waals surface area contributed by atoms with E-state index in [2.05, 4.69) is 10.3 Å². The van der Waals surface area contributed by atoms with Crippen LogP contribution in [0.25, 0.3) is 10.9 Å². The minimum Gasteiger partial charge on any atom is -0.338 e. The average molecular weight is 296 g/mol. The average Bonchev–Trinajstić information content (AvgIpc) is 2.91. The summed E-state index contributed by atoms with van der Waals surface area (Å²) in [6.07, 6.45) is 4.84. The summed E-state index contributed by atoms with van der Waals surface area (Å²) in [6.45, 7) is 0.0690.